The molecule has 3 aromatic rings. The second-order valence-electron chi connectivity index (χ2n) is 6.64. The van der Waals surface area contributed by atoms with Crippen molar-refractivity contribution in [2.75, 3.05) is 13.3 Å². The van der Waals surface area contributed by atoms with Crippen LogP contribution in [0.1, 0.15) is 26.9 Å². The number of hydrogen-bond donors (Lipinski definition) is 1. The van der Waals surface area contributed by atoms with Crippen molar-refractivity contribution in [3.8, 4) is 11.5 Å². The number of fused-ring (bicyclic) bond motifs is 1. The summed E-state index contributed by atoms with van der Waals surface area (Å²) in [5.74, 6) is 0.744. The molecule has 0 fully saturated rings. The number of carbonyl (C=O) groups is 1. The molecule has 0 spiro atoms. The van der Waals surface area contributed by atoms with Gasteiger partial charge in [0.15, 0.2) is 21.3 Å². The third kappa shape index (κ3) is 3.84. The summed E-state index contributed by atoms with van der Waals surface area (Å²) in [6.45, 7) is 1.83. The summed E-state index contributed by atoms with van der Waals surface area (Å²) in [6, 6.07) is 14.7. The minimum atomic E-state index is -3.87. The molecule has 29 heavy (non-hydrogen) atoms. The molecule has 0 radical (unpaired) electrons. The van der Waals surface area contributed by atoms with Crippen LogP contribution in [0.25, 0.3) is 0 Å². The number of benzene rings is 2. The van der Waals surface area contributed by atoms with Gasteiger partial charge in [0.1, 0.15) is 11.0 Å². The van der Waals surface area contributed by atoms with Gasteiger partial charge in [-0.15, -0.1) is 0 Å². The van der Waals surface area contributed by atoms with Crippen LogP contribution in [0.4, 0.5) is 0 Å². The number of hydrogen-bond acceptors (Lipinski definition) is 6. The second-order valence-corrected chi connectivity index (χ2v) is 8.77. The van der Waals surface area contributed by atoms with Gasteiger partial charge in [-0.3, -0.25) is 4.79 Å². The fourth-order valence-corrected chi connectivity index (χ4v) is 4.65. The standard InChI is InChI=1S/C21H19NO6S/c1-14-4-6-15(7-5-14)21(23)22-12-20(18-3-2-10-26-18)29(24,25)16-8-9-17-19(11-16)28-13-27-17/h2-11,20H,12-13H2,1H3,(H,22,23)/t20-/m0/s1. The lowest BCUT2D eigenvalue weighted by Gasteiger charge is -2.17. The molecule has 1 aliphatic rings. The topological polar surface area (TPSA) is 94.8 Å². The van der Waals surface area contributed by atoms with Gasteiger partial charge in [0, 0.05) is 18.2 Å². The van der Waals surface area contributed by atoms with Gasteiger partial charge in [0.2, 0.25) is 6.79 Å². The van der Waals surface area contributed by atoms with Gasteiger partial charge in [-0.2, -0.15) is 0 Å². The van der Waals surface area contributed by atoms with Gasteiger partial charge in [-0.05, 0) is 43.3 Å². The molecule has 1 atom stereocenters. The van der Waals surface area contributed by atoms with Gasteiger partial charge < -0.3 is 19.2 Å². The van der Waals surface area contributed by atoms with Crippen molar-refractivity contribution in [1.82, 2.24) is 5.32 Å². The summed E-state index contributed by atoms with van der Waals surface area (Å²) in [5, 5.41) is 1.61. The van der Waals surface area contributed by atoms with Crippen molar-refractivity contribution in [1.29, 1.82) is 0 Å². The van der Waals surface area contributed by atoms with Crippen LogP contribution < -0.4 is 14.8 Å². The van der Waals surface area contributed by atoms with E-state index >= 15 is 0 Å². The number of amides is 1. The Morgan fingerprint density at radius 2 is 1.83 bits per heavy atom. The van der Waals surface area contributed by atoms with E-state index in [1.165, 1.54) is 18.4 Å². The highest BCUT2D eigenvalue weighted by Gasteiger charge is 2.33. The maximum absolute atomic E-state index is 13.3. The lowest BCUT2D eigenvalue weighted by Crippen LogP contribution is -2.31. The van der Waals surface area contributed by atoms with Gasteiger partial charge in [0.05, 0.1) is 11.2 Å². The molecule has 0 unspecified atom stereocenters. The number of rotatable bonds is 6. The summed E-state index contributed by atoms with van der Waals surface area (Å²) < 4.78 is 42.5. The summed E-state index contributed by atoms with van der Waals surface area (Å²) in [6.07, 6.45) is 1.40. The maximum Gasteiger partial charge on any atom is 0.251 e. The molecule has 150 valence electrons. The molecule has 7 nitrogen and oxygen atoms in total. The van der Waals surface area contributed by atoms with Crippen molar-refractivity contribution >= 4 is 15.7 Å². The zero-order chi connectivity index (χ0) is 20.4. The Labute approximate surface area is 168 Å². The molecule has 4 rings (SSSR count). The molecular formula is C21H19NO6S. The van der Waals surface area contributed by atoms with E-state index in [1.807, 2.05) is 19.1 Å². The second kappa shape index (κ2) is 7.63. The first-order chi connectivity index (χ1) is 13.9. The van der Waals surface area contributed by atoms with E-state index in [-0.39, 0.29) is 29.9 Å². The van der Waals surface area contributed by atoms with Crippen LogP contribution in [-0.2, 0) is 9.84 Å². The van der Waals surface area contributed by atoms with E-state index in [0.717, 1.165) is 5.56 Å². The number of carbonyl (C=O) groups excluding carboxylic acids is 1. The monoisotopic (exact) mass is 413 g/mol. The van der Waals surface area contributed by atoms with E-state index in [0.29, 0.717) is 17.1 Å². The number of furan rings is 1. The Kier molecular flexibility index (Phi) is 5.02. The third-order valence-corrected chi connectivity index (χ3v) is 6.73. The van der Waals surface area contributed by atoms with Crippen LogP contribution >= 0.6 is 0 Å². The van der Waals surface area contributed by atoms with Gasteiger partial charge in [-0.25, -0.2) is 8.42 Å². The van der Waals surface area contributed by atoms with Crippen LogP contribution in [0.3, 0.4) is 0 Å². The maximum atomic E-state index is 13.3. The quantitative estimate of drug-likeness (QED) is 0.667. The number of sulfone groups is 1. The summed E-state index contributed by atoms with van der Waals surface area (Å²) in [7, 11) is -3.87. The van der Waals surface area contributed by atoms with Crippen molar-refractivity contribution in [2.24, 2.45) is 0 Å². The van der Waals surface area contributed by atoms with E-state index in [9.17, 15) is 13.2 Å². The zero-order valence-corrected chi connectivity index (χ0v) is 16.4. The minimum Gasteiger partial charge on any atom is -0.468 e. The Morgan fingerprint density at radius 3 is 2.55 bits per heavy atom. The number of nitrogens with one attached hydrogen (secondary N) is 1. The SMILES string of the molecule is Cc1ccc(C(=O)NC[C@@H](c2ccco2)S(=O)(=O)c2ccc3c(c2)OCO3)cc1. The lowest BCUT2D eigenvalue weighted by molar-refractivity contribution is 0.0953. The van der Waals surface area contributed by atoms with Crippen LogP contribution in [0.15, 0.2) is 70.2 Å². The van der Waals surface area contributed by atoms with E-state index in [1.54, 1.807) is 30.3 Å². The summed E-state index contributed by atoms with van der Waals surface area (Å²) in [4.78, 5) is 12.5. The van der Waals surface area contributed by atoms with E-state index < -0.39 is 15.1 Å². The highest BCUT2D eigenvalue weighted by Crippen LogP contribution is 2.37. The third-order valence-electron chi connectivity index (χ3n) is 4.67. The molecule has 0 bridgehead atoms. The fourth-order valence-electron chi connectivity index (χ4n) is 3.05. The van der Waals surface area contributed by atoms with Gasteiger partial charge >= 0.3 is 0 Å². The molecule has 2 heterocycles. The van der Waals surface area contributed by atoms with Crippen LogP contribution in [0, 0.1) is 6.92 Å². The van der Waals surface area contributed by atoms with E-state index in [2.05, 4.69) is 5.32 Å². The van der Waals surface area contributed by atoms with Crippen LogP contribution in [0.5, 0.6) is 11.5 Å². The van der Waals surface area contributed by atoms with Crippen LogP contribution in [-0.4, -0.2) is 27.7 Å². The average Bonchev–Trinajstić information content (AvgIpc) is 3.39. The van der Waals surface area contributed by atoms with Crippen molar-refractivity contribution in [2.45, 2.75) is 17.1 Å². The van der Waals surface area contributed by atoms with Crippen LogP contribution in [0.2, 0.25) is 0 Å². The predicted octanol–water partition coefficient (Wildman–Crippen LogP) is 3.26. The van der Waals surface area contributed by atoms with Crippen molar-refractivity contribution in [3.05, 3.63) is 77.7 Å². The molecule has 0 saturated carbocycles. The first-order valence-corrected chi connectivity index (χ1v) is 10.5. The lowest BCUT2D eigenvalue weighted by atomic mass is 10.1. The first kappa shape index (κ1) is 19.1. The highest BCUT2D eigenvalue weighted by atomic mass is 32.2. The number of ether oxygens (including phenoxy) is 2. The first-order valence-electron chi connectivity index (χ1n) is 8.97. The average molecular weight is 413 g/mol. The molecular weight excluding hydrogens is 394 g/mol. The van der Waals surface area contributed by atoms with Gasteiger partial charge in [-0.1, -0.05) is 17.7 Å². The normalized spacial score (nSPS) is 13.8. The highest BCUT2D eigenvalue weighted by molar-refractivity contribution is 7.91. The Bertz CT molecular complexity index is 1120. The molecule has 1 amide bonds. The fraction of sp³-hybridized carbons (Fsp3) is 0.190. The molecule has 2 aromatic carbocycles. The van der Waals surface area contributed by atoms with Crippen molar-refractivity contribution in [3.63, 3.8) is 0 Å². The largest absolute Gasteiger partial charge is 0.468 e. The Balaban J connectivity index is 1.60. The molecule has 1 aromatic heterocycles. The minimum absolute atomic E-state index is 0.0487. The van der Waals surface area contributed by atoms with E-state index in [4.69, 9.17) is 13.9 Å². The molecule has 0 saturated heterocycles. The molecule has 1 aliphatic heterocycles. The summed E-state index contributed by atoms with van der Waals surface area (Å²) >= 11 is 0. The predicted molar refractivity (Wildman–Crippen MR) is 105 cm³/mol. The van der Waals surface area contributed by atoms with Gasteiger partial charge in [0.25, 0.3) is 5.91 Å². The zero-order valence-electron chi connectivity index (χ0n) is 15.6. The Morgan fingerprint density at radius 1 is 1.07 bits per heavy atom. The molecule has 8 heteroatoms. The number of aryl methyl sites for hydroxylation is 1. The summed E-state index contributed by atoms with van der Waals surface area (Å²) in [5.41, 5.74) is 1.48. The smallest absolute Gasteiger partial charge is 0.251 e. The molecule has 0 aliphatic carbocycles. The Hall–Kier alpha value is -3.26. The van der Waals surface area contributed by atoms with Crippen molar-refractivity contribution < 1.29 is 27.1 Å². The molecule has 1 N–H and O–H groups in total.